The largest absolute Gasteiger partial charge is 0.356 e. The molecule has 0 spiro atoms. The van der Waals surface area contributed by atoms with E-state index >= 15 is 0 Å². The Hall–Kier alpha value is -1.36. The van der Waals surface area contributed by atoms with Crippen LogP contribution in [-0.4, -0.2) is 58.5 Å². The molecule has 7 nitrogen and oxygen atoms in total. The fraction of sp³-hybridized carbons (Fsp3) is 0.579. The molecule has 0 radical (unpaired) electrons. The third-order valence-electron chi connectivity index (χ3n) is 4.58. The zero-order valence-electron chi connectivity index (χ0n) is 16.8. The first-order chi connectivity index (χ1) is 12.8. The Morgan fingerprint density at radius 1 is 1.32 bits per heavy atom. The van der Waals surface area contributed by atoms with Gasteiger partial charge in [0.15, 0.2) is 5.96 Å². The number of rotatable bonds is 8. The zero-order chi connectivity index (χ0) is 19.9. The Morgan fingerprint density at radius 3 is 2.71 bits per heavy atom. The van der Waals surface area contributed by atoms with Gasteiger partial charge in [-0.3, -0.25) is 9.79 Å². The summed E-state index contributed by atoms with van der Waals surface area (Å²) in [7, 11) is -1.29. The number of halogens is 1. The summed E-state index contributed by atoms with van der Waals surface area (Å²) in [5, 5.41) is 6.36. The van der Waals surface area contributed by atoms with Gasteiger partial charge in [0, 0.05) is 44.5 Å². The van der Waals surface area contributed by atoms with Gasteiger partial charge >= 0.3 is 0 Å². The molecule has 158 valence electrons. The molecule has 1 unspecified atom stereocenters. The Morgan fingerprint density at radius 2 is 2.04 bits per heavy atom. The Labute approximate surface area is 185 Å². The van der Waals surface area contributed by atoms with Crippen molar-refractivity contribution in [1.82, 2.24) is 10.6 Å². The van der Waals surface area contributed by atoms with Crippen molar-refractivity contribution in [2.24, 2.45) is 4.99 Å². The van der Waals surface area contributed by atoms with Crippen LogP contribution in [0, 0.1) is 0 Å². The number of nitrogens with one attached hydrogen (secondary N) is 2. The van der Waals surface area contributed by atoms with Crippen LogP contribution in [0.5, 0.6) is 0 Å². The molecular weight excluding hydrogens is 491 g/mol. The maximum absolute atomic E-state index is 12.5. The first-order valence-corrected chi connectivity index (χ1v) is 11.4. The predicted molar refractivity (Wildman–Crippen MR) is 125 cm³/mol. The molecule has 1 heterocycles. The Balaban J connectivity index is 0.00000392. The van der Waals surface area contributed by atoms with Crippen LogP contribution in [0.3, 0.4) is 0 Å². The van der Waals surface area contributed by atoms with E-state index in [1.165, 1.54) is 11.8 Å². The molecular formula is C19H31IN4O3S. The van der Waals surface area contributed by atoms with Crippen LogP contribution in [0.4, 0.5) is 5.69 Å². The molecule has 9 heteroatoms. The summed E-state index contributed by atoms with van der Waals surface area (Å²) in [6.07, 6.45) is 3.86. The van der Waals surface area contributed by atoms with Crippen molar-refractivity contribution in [3.63, 3.8) is 0 Å². The van der Waals surface area contributed by atoms with Gasteiger partial charge in [-0.2, -0.15) is 0 Å². The van der Waals surface area contributed by atoms with Gasteiger partial charge in [-0.1, -0.05) is 18.2 Å². The van der Waals surface area contributed by atoms with E-state index in [2.05, 4.69) is 21.7 Å². The van der Waals surface area contributed by atoms with E-state index < -0.39 is 9.84 Å². The fourth-order valence-electron chi connectivity index (χ4n) is 3.07. The number of hydrogen-bond donors (Lipinski definition) is 2. The number of fused-ring (bicyclic) bond motifs is 1. The van der Waals surface area contributed by atoms with Gasteiger partial charge in [-0.15, -0.1) is 24.0 Å². The highest BCUT2D eigenvalue weighted by Crippen LogP contribution is 2.27. The lowest BCUT2D eigenvalue weighted by molar-refractivity contribution is -0.118. The summed E-state index contributed by atoms with van der Waals surface area (Å²) in [5.74, 6) is 0.908. The normalized spacial score (nSPS) is 14.8. The van der Waals surface area contributed by atoms with Crippen LogP contribution in [-0.2, 0) is 21.1 Å². The van der Waals surface area contributed by atoms with Gasteiger partial charge in [0.1, 0.15) is 9.84 Å². The van der Waals surface area contributed by atoms with Gasteiger partial charge in [0.05, 0.1) is 5.75 Å². The SMILES string of the molecule is CN=C(NCCCC(=O)N1CCc2ccccc21)NC(C)CCS(C)(=O)=O.I. The first-order valence-electron chi connectivity index (χ1n) is 9.33. The summed E-state index contributed by atoms with van der Waals surface area (Å²) < 4.78 is 22.5. The molecule has 1 atom stereocenters. The molecule has 1 aromatic rings. The van der Waals surface area contributed by atoms with Crippen molar-refractivity contribution in [2.45, 2.75) is 38.6 Å². The van der Waals surface area contributed by atoms with E-state index in [0.29, 0.717) is 31.8 Å². The molecule has 0 saturated carbocycles. The molecule has 0 saturated heterocycles. The Kier molecular flexibility index (Phi) is 10.2. The first kappa shape index (κ1) is 24.7. The number of carbonyl (C=O) groups excluding carboxylic acids is 1. The van der Waals surface area contributed by atoms with Gasteiger partial charge in [-0.25, -0.2) is 8.42 Å². The minimum absolute atomic E-state index is 0. The molecule has 1 amide bonds. The highest BCUT2D eigenvalue weighted by atomic mass is 127. The van der Waals surface area contributed by atoms with Gasteiger partial charge in [0.2, 0.25) is 5.91 Å². The molecule has 28 heavy (non-hydrogen) atoms. The number of hydrogen-bond acceptors (Lipinski definition) is 4. The van der Waals surface area contributed by atoms with Crippen LogP contribution < -0.4 is 15.5 Å². The van der Waals surface area contributed by atoms with Crippen molar-refractivity contribution in [1.29, 1.82) is 0 Å². The second kappa shape index (κ2) is 11.6. The lowest BCUT2D eigenvalue weighted by Crippen LogP contribution is -2.43. The fourth-order valence-corrected chi connectivity index (χ4v) is 3.85. The van der Waals surface area contributed by atoms with Crippen molar-refractivity contribution in [2.75, 3.05) is 37.0 Å². The predicted octanol–water partition coefficient (Wildman–Crippen LogP) is 1.96. The van der Waals surface area contributed by atoms with Crippen LogP contribution in [0.15, 0.2) is 29.3 Å². The quantitative estimate of drug-likeness (QED) is 0.236. The average Bonchev–Trinajstić information content (AvgIpc) is 3.06. The molecule has 0 aromatic heterocycles. The average molecular weight is 522 g/mol. The molecule has 1 aromatic carbocycles. The monoisotopic (exact) mass is 522 g/mol. The molecule has 1 aliphatic heterocycles. The van der Waals surface area contributed by atoms with E-state index in [0.717, 1.165) is 18.7 Å². The second-order valence-electron chi connectivity index (χ2n) is 6.99. The van der Waals surface area contributed by atoms with Crippen molar-refractivity contribution in [3.8, 4) is 0 Å². The van der Waals surface area contributed by atoms with E-state index in [-0.39, 0.29) is 41.7 Å². The number of anilines is 1. The second-order valence-corrected chi connectivity index (χ2v) is 9.25. The van der Waals surface area contributed by atoms with Crippen LogP contribution in [0.25, 0.3) is 0 Å². The number of para-hydroxylation sites is 1. The third kappa shape index (κ3) is 7.94. The van der Waals surface area contributed by atoms with Crippen LogP contribution in [0.2, 0.25) is 0 Å². The maximum atomic E-state index is 12.5. The Bertz CT molecular complexity index is 783. The van der Waals surface area contributed by atoms with Gasteiger partial charge < -0.3 is 15.5 Å². The smallest absolute Gasteiger partial charge is 0.227 e. The minimum Gasteiger partial charge on any atom is -0.356 e. The summed E-state index contributed by atoms with van der Waals surface area (Å²) in [6, 6.07) is 8.04. The minimum atomic E-state index is -2.96. The standard InChI is InChI=1S/C19H30N4O3S.HI/c1-15(11-14-27(3,25)26)22-19(20-2)21-12-6-9-18(24)23-13-10-16-7-4-5-8-17(16)23;/h4-5,7-8,15H,6,9-14H2,1-3H3,(H2,20,21,22);1H. The number of aliphatic imine (C=N–C) groups is 1. The zero-order valence-corrected chi connectivity index (χ0v) is 19.9. The topological polar surface area (TPSA) is 90.9 Å². The van der Waals surface area contributed by atoms with E-state index in [1.807, 2.05) is 30.0 Å². The summed E-state index contributed by atoms with van der Waals surface area (Å²) in [4.78, 5) is 18.5. The lowest BCUT2D eigenvalue weighted by atomic mass is 10.2. The summed E-state index contributed by atoms with van der Waals surface area (Å²) in [6.45, 7) is 3.30. The molecule has 0 fully saturated rings. The van der Waals surface area contributed by atoms with Crippen molar-refractivity contribution in [3.05, 3.63) is 29.8 Å². The summed E-state index contributed by atoms with van der Waals surface area (Å²) >= 11 is 0. The molecule has 2 N–H and O–H groups in total. The number of amides is 1. The number of sulfone groups is 1. The van der Waals surface area contributed by atoms with Crippen molar-refractivity contribution >= 4 is 51.4 Å². The maximum Gasteiger partial charge on any atom is 0.227 e. The number of nitrogens with zero attached hydrogens (tertiary/aromatic N) is 2. The van der Waals surface area contributed by atoms with E-state index in [9.17, 15) is 13.2 Å². The molecule has 2 rings (SSSR count). The number of carbonyl (C=O) groups is 1. The molecule has 1 aliphatic rings. The van der Waals surface area contributed by atoms with Gasteiger partial charge in [0.25, 0.3) is 0 Å². The van der Waals surface area contributed by atoms with Crippen LogP contribution >= 0.6 is 24.0 Å². The number of benzene rings is 1. The highest BCUT2D eigenvalue weighted by Gasteiger charge is 2.23. The molecule has 0 bridgehead atoms. The summed E-state index contributed by atoms with van der Waals surface area (Å²) in [5.41, 5.74) is 2.27. The van der Waals surface area contributed by atoms with Gasteiger partial charge in [-0.05, 0) is 37.8 Å². The lowest BCUT2D eigenvalue weighted by Gasteiger charge is -2.19. The van der Waals surface area contributed by atoms with E-state index in [1.54, 1.807) is 7.05 Å². The van der Waals surface area contributed by atoms with E-state index in [4.69, 9.17) is 0 Å². The van der Waals surface area contributed by atoms with Crippen LogP contribution in [0.1, 0.15) is 31.7 Å². The molecule has 0 aliphatic carbocycles. The van der Waals surface area contributed by atoms with Crippen molar-refractivity contribution < 1.29 is 13.2 Å². The highest BCUT2D eigenvalue weighted by molar-refractivity contribution is 14.0. The third-order valence-corrected chi connectivity index (χ3v) is 5.55. The number of guanidine groups is 1.